The summed E-state index contributed by atoms with van der Waals surface area (Å²) in [7, 11) is 0. The minimum Gasteiger partial charge on any atom is -0.382 e. The molecule has 22 heavy (non-hydrogen) atoms. The zero-order chi connectivity index (χ0) is 15.2. The summed E-state index contributed by atoms with van der Waals surface area (Å²) in [6.07, 6.45) is 1.88. The number of aromatic nitrogens is 2. The standard InChI is InChI=1S/C19H22N2O/c1-2-22-14-8-13-21-18-12-7-6-11-17(18)20-19(21)15-16-9-4-3-5-10-16/h3-7,9-12H,2,8,13-15H2,1H3. The summed E-state index contributed by atoms with van der Waals surface area (Å²) < 4.78 is 7.80. The van der Waals surface area contributed by atoms with Gasteiger partial charge in [-0.25, -0.2) is 4.98 Å². The summed E-state index contributed by atoms with van der Waals surface area (Å²) in [6, 6.07) is 18.9. The highest BCUT2D eigenvalue weighted by atomic mass is 16.5. The highest BCUT2D eigenvalue weighted by Gasteiger charge is 2.10. The van der Waals surface area contributed by atoms with Gasteiger partial charge >= 0.3 is 0 Å². The van der Waals surface area contributed by atoms with Gasteiger partial charge in [0.25, 0.3) is 0 Å². The second-order valence-corrected chi connectivity index (χ2v) is 5.38. The third kappa shape index (κ3) is 3.37. The van der Waals surface area contributed by atoms with E-state index in [4.69, 9.17) is 9.72 Å². The molecule has 0 aliphatic rings. The van der Waals surface area contributed by atoms with E-state index in [2.05, 4.69) is 53.1 Å². The molecule has 0 unspecified atom stereocenters. The number of hydrogen-bond donors (Lipinski definition) is 0. The summed E-state index contributed by atoms with van der Waals surface area (Å²) >= 11 is 0. The van der Waals surface area contributed by atoms with Crippen LogP contribution in [-0.2, 0) is 17.7 Å². The molecule has 3 rings (SSSR count). The molecular weight excluding hydrogens is 272 g/mol. The van der Waals surface area contributed by atoms with Gasteiger partial charge in [0.2, 0.25) is 0 Å². The molecule has 1 aromatic heterocycles. The second-order valence-electron chi connectivity index (χ2n) is 5.38. The Kier molecular flexibility index (Phi) is 4.86. The maximum Gasteiger partial charge on any atom is 0.114 e. The molecule has 0 amide bonds. The van der Waals surface area contributed by atoms with Crippen LogP contribution in [0.1, 0.15) is 24.7 Å². The lowest BCUT2D eigenvalue weighted by molar-refractivity contribution is 0.141. The summed E-state index contributed by atoms with van der Waals surface area (Å²) in [5, 5.41) is 0. The van der Waals surface area contributed by atoms with Crippen molar-refractivity contribution in [1.29, 1.82) is 0 Å². The lowest BCUT2D eigenvalue weighted by atomic mass is 10.1. The molecule has 0 saturated heterocycles. The molecule has 3 heteroatoms. The van der Waals surface area contributed by atoms with E-state index in [0.717, 1.165) is 43.9 Å². The lowest BCUT2D eigenvalue weighted by Crippen LogP contribution is -2.07. The average molecular weight is 294 g/mol. The first kappa shape index (κ1) is 14.8. The molecule has 0 N–H and O–H groups in total. The average Bonchev–Trinajstić information content (AvgIpc) is 2.90. The molecule has 0 atom stereocenters. The SMILES string of the molecule is CCOCCCn1c(Cc2ccccc2)nc2ccccc21. The Morgan fingerprint density at radius 1 is 1.00 bits per heavy atom. The smallest absolute Gasteiger partial charge is 0.114 e. The molecular formula is C19H22N2O. The molecule has 114 valence electrons. The third-order valence-electron chi connectivity index (χ3n) is 3.81. The van der Waals surface area contributed by atoms with Crippen molar-refractivity contribution in [2.75, 3.05) is 13.2 Å². The van der Waals surface area contributed by atoms with Crippen LogP contribution in [0.15, 0.2) is 54.6 Å². The fourth-order valence-corrected chi connectivity index (χ4v) is 2.76. The molecule has 3 nitrogen and oxygen atoms in total. The molecule has 0 aliphatic carbocycles. The quantitative estimate of drug-likeness (QED) is 0.615. The maximum atomic E-state index is 5.47. The summed E-state index contributed by atoms with van der Waals surface area (Å²) in [6.45, 7) is 4.56. The van der Waals surface area contributed by atoms with Crippen molar-refractivity contribution in [3.05, 3.63) is 66.0 Å². The monoisotopic (exact) mass is 294 g/mol. The highest BCUT2D eigenvalue weighted by Crippen LogP contribution is 2.19. The van der Waals surface area contributed by atoms with Gasteiger partial charge < -0.3 is 9.30 Å². The van der Waals surface area contributed by atoms with Gasteiger partial charge in [-0.1, -0.05) is 42.5 Å². The largest absolute Gasteiger partial charge is 0.382 e. The Bertz CT molecular complexity index is 719. The van der Waals surface area contributed by atoms with E-state index in [1.165, 1.54) is 11.1 Å². The minimum absolute atomic E-state index is 0.779. The van der Waals surface area contributed by atoms with Crippen LogP contribution in [-0.4, -0.2) is 22.8 Å². The number of ether oxygens (including phenoxy) is 1. The summed E-state index contributed by atoms with van der Waals surface area (Å²) in [5.74, 6) is 1.13. The number of benzene rings is 2. The van der Waals surface area contributed by atoms with E-state index < -0.39 is 0 Å². The van der Waals surface area contributed by atoms with Gasteiger partial charge in [-0.15, -0.1) is 0 Å². The number of aryl methyl sites for hydroxylation is 1. The zero-order valence-electron chi connectivity index (χ0n) is 13.0. The van der Waals surface area contributed by atoms with Crippen LogP contribution in [0.2, 0.25) is 0 Å². The van der Waals surface area contributed by atoms with Crippen LogP contribution in [0.5, 0.6) is 0 Å². The molecule has 0 radical (unpaired) electrons. The first-order valence-electron chi connectivity index (χ1n) is 7.94. The molecule has 0 spiro atoms. The molecule has 0 aliphatic heterocycles. The first-order valence-corrected chi connectivity index (χ1v) is 7.94. The Balaban J connectivity index is 1.87. The Labute approximate surface area is 131 Å². The maximum absolute atomic E-state index is 5.47. The Morgan fingerprint density at radius 2 is 1.77 bits per heavy atom. The van der Waals surface area contributed by atoms with Crippen molar-refractivity contribution < 1.29 is 4.74 Å². The van der Waals surface area contributed by atoms with Gasteiger partial charge in [-0.3, -0.25) is 0 Å². The van der Waals surface area contributed by atoms with Crippen LogP contribution in [0.25, 0.3) is 11.0 Å². The number of fused-ring (bicyclic) bond motifs is 1. The van der Waals surface area contributed by atoms with Crippen molar-refractivity contribution in [2.24, 2.45) is 0 Å². The topological polar surface area (TPSA) is 27.1 Å². The van der Waals surface area contributed by atoms with Gasteiger partial charge in [-0.2, -0.15) is 0 Å². The van der Waals surface area contributed by atoms with Gasteiger partial charge in [0.15, 0.2) is 0 Å². The van der Waals surface area contributed by atoms with Gasteiger partial charge in [0.05, 0.1) is 11.0 Å². The van der Waals surface area contributed by atoms with E-state index in [9.17, 15) is 0 Å². The van der Waals surface area contributed by atoms with Crippen molar-refractivity contribution in [3.63, 3.8) is 0 Å². The van der Waals surface area contributed by atoms with E-state index >= 15 is 0 Å². The third-order valence-corrected chi connectivity index (χ3v) is 3.81. The molecule has 0 bridgehead atoms. The van der Waals surface area contributed by atoms with Crippen molar-refractivity contribution >= 4 is 11.0 Å². The van der Waals surface area contributed by atoms with Crippen LogP contribution < -0.4 is 0 Å². The Morgan fingerprint density at radius 3 is 2.59 bits per heavy atom. The number of rotatable bonds is 7. The predicted octanol–water partition coefficient (Wildman–Crippen LogP) is 4.05. The lowest BCUT2D eigenvalue weighted by Gasteiger charge is -2.09. The van der Waals surface area contributed by atoms with E-state index in [1.807, 2.05) is 13.0 Å². The van der Waals surface area contributed by atoms with Gasteiger partial charge in [0, 0.05) is 26.2 Å². The number of hydrogen-bond acceptors (Lipinski definition) is 2. The highest BCUT2D eigenvalue weighted by molar-refractivity contribution is 5.76. The number of para-hydroxylation sites is 2. The molecule has 1 heterocycles. The molecule has 3 aromatic rings. The van der Waals surface area contributed by atoms with E-state index in [0.29, 0.717) is 0 Å². The number of nitrogens with zero attached hydrogens (tertiary/aromatic N) is 2. The van der Waals surface area contributed by atoms with E-state index in [-0.39, 0.29) is 0 Å². The minimum atomic E-state index is 0.779. The summed E-state index contributed by atoms with van der Waals surface area (Å²) in [4.78, 5) is 4.83. The fourth-order valence-electron chi connectivity index (χ4n) is 2.76. The predicted molar refractivity (Wildman–Crippen MR) is 90.1 cm³/mol. The van der Waals surface area contributed by atoms with Crippen molar-refractivity contribution in [1.82, 2.24) is 9.55 Å². The zero-order valence-corrected chi connectivity index (χ0v) is 13.0. The van der Waals surface area contributed by atoms with Gasteiger partial charge in [0.1, 0.15) is 5.82 Å². The van der Waals surface area contributed by atoms with E-state index in [1.54, 1.807) is 0 Å². The summed E-state index contributed by atoms with van der Waals surface area (Å²) in [5.41, 5.74) is 3.58. The van der Waals surface area contributed by atoms with Gasteiger partial charge in [-0.05, 0) is 31.0 Å². The Hall–Kier alpha value is -2.13. The molecule has 2 aromatic carbocycles. The number of imidazole rings is 1. The first-order chi connectivity index (χ1) is 10.9. The van der Waals surface area contributed by atoms with Crippen LogP contribution in [0, 0.1) is 0 Å². The van der Waals surface area contributed by atoms with Crippen molar-refractivity contribution in [3.8, 4) is 0 Å². The van der Waals surface area contributed by atoms with Crippen LogP contribution in [0.3, 0.4) is 0 Å². The van der Waals surface area contributed by atoms with Crippen molar-refractivity contribution in [2.45, 2.75) is 26.3 Å². The second kappa shape index (κ2) is 7.23. The molecule has 0 fully saturated rings. The molecule has 0 saturated carbocycles. The normalized spacial score (nSPS) is 11.1. The van der Waals surface area contributed by atoms with Crippen LogP contribution in [0.4, 0.5) is 0 Å². The fraction of sp³-hybridized carbons (Fsp3) is 0.316. The van der Waals surface area contributed by atoms with Crippen LogP contribution >= 0.6 is 0 Å².